The van der Waals surface area contributed by atoms with Gasteiger partial charge in [-0.1, -0.05) is 179 Å². The fourth-order valence-corrected chi connectivity index (χ4v) is 14.4. The van der Waals surface area contributed by atoms with Crippen molar-refractivity contribution < 1.29 is 8.83 Å². The summed E-state index contributed by atoms with van der Waals surface area (Å²) < 4.78 is 15.1. The predicted molar refractivity (Wildman–Crippen MR) is 276 cm³/mol. The van der Waals surface area contributed by atoms with Crippen LogP contribution < -0.4 is 0 Å². The van der Waals surface area contributed by atoms with E-state index in [0.717, 1.165) is 76.2 Å². The van der Waals surface area contributed by atoms with Crippen molar-refractivity contribution in [2.75, 3.05) is 0 Å². The van der Waals surface area contributed by atoms with Crippen LogP contribution in [0.4, 0.5) is 0 Å². The van der Waals surface area contributed by atoms with Gasteiger partial charge in [0.2, 0.25) is 0 Å². The van der Waals surface area contributed by atoms with Gasteiger partial charge in [0.05, 0.1) is 10.8 Å². The van der Waals surface area contributed by atoms with Gasteiger partial charge in [0.25, 0.3) is 0 Å². The van der Waals surface area contributed by atoms with Crippen LogP contribution in [0, 0.1) is 6.92 Å². The van der Waals surface area contributed by atoms with E-state index in [1.165, 1.54) is 77.9 Å². The molecule has 2 nitrogen and oxygen atoms in total. The number of furan rings is 2. The fourth-order valence-electron chi connectivity index (χ4n) is 13.6. The summed E-state index contributed by atoms with van der Waals surface area (Å²) in [4.78, 5) is 0. The van der Waals surface area contributed by atoms with Crippen LogP contribution >= 0.6 is 27.5 Å². The van der Waals surface area contributed by atoms with Gasteiger partial charge in [-0.2, -0.15) is 0 Å². The first kappa shape index (κ1) is 36.7. The Morgan fingerprint density at radius 3 is 1.69 bits per heavy atom. The molecule has 4 aliphatic rings. The van der Waals surface area contributed by atoms with Crippen LogP contribution in [0.15, 0.2) is 201 Å². The van der Waals surface area contributed by atoms with Gasteiger partial charge in [0.1, 0.15) is 22.3 Å². The number of benzene rings is 10. The Morgan fingerprint density at radius 1 is 0.388 bits per heavy atom. The van der Waals surface area contributed by atoms with Gasteiger partial charge in [-0.05, 0) is 138 Å². The van der Waals surface area contributed by atoms with E-state index in [1.807, 2.05) is 12.1 Å². The Morgan fingerprint density at radius 2 is 0.940 bits per heavy atom. The maximum Gasteiger partial charge on any atom is 0.143 e. The SMILES string of the molecule is Cc1cccc2c1C1(c3ccccc3-2)c2ccccc2-c2c1ccc1c2oc2cc(-c3ccc(Br)c4c3-c3ccccc3C43c4cc(Cl)ccc4-c4c3ccc3c4oc4ccccc43)ccc21. The third kappa shape index (κ3) is 4.19. The zero-order valence-electron chi connectivity index (χ0n) is 36.0. The van der Waals surface area contributed by atoms with E-state index < -0.39 is 10.8 Å². The van der Waals surface area contributed by atoms with E-state index in [4.69, 9.17) is 20.4 Å². The number of halogens is 2. The van der Waals surface area contributed by atoms with Crippen molar-refractivity contribution in [3.8, 4) is 55.6 Å². The summed E-state index contributed by atoms with van der Waals surface area (Å²) in [6.45, 7) is 2.27. The molecule has 4 aliphatic carbocycles. The number of para-hydroxylation sites is 1. The van der Waals surface area contributed by atoms with Gasteiger partial charge in [-0.25, -0.2) is 0 Å². The molecule has 0 aliphatic heterocycles. The molecule has 0 saturated carbocycles. The second-order valence-corrected chi connectivity index (χ2v) is 20.1. The Bertz CT molecular complexity index is 4280. The summed E-state index contributed by atoms with van der Waals surface area (Å²) in [6, 6.07) is 69.1. The van der Waals surface area contributed by atoms with Crippen molar-refractivity contribution in [3.63, 3.8) is 0 Å². The molecule has 2 aromatic heterocycles. The maximum absolute atomic E-state index is 7.27. The number of fused-ring (bicyclic) bond motifs is 28. The van der Waals surface area contributed by atoms with Crippen LogP contribution in [-0.4, -0.2) is 0 Å². The summed E-state index contributed by atoms with van der Waals surface area (Å²) in [6.07, 6.45) is 0. The Labute approximate surface area is 398 Å². The van der Waals surface area contributed by atoms with Gasteiger partial charge in [0.15, 0.2) is 0 Å². The highest BCUT2D eigenvalue weighted by atomic mass is 79.9. The lowest BCUT2D eigenvalue weighted by Crippen LogP contribution is -2.26. The molecule has 0 fully saturated rings. The lowest BCUT2D eigenvalue weighted by atomic mass is 9.69. The molecule has 67 heavy (non-hydrogen) atoms. The lowest BCUT2D eigenvalue weighted by molar-refractivity contribution is 0.668. The Kier molecular flexibility index (Phi) is 6.86. The predicted octanol–water partition coefficient (Wildman–Crippen LogP) is 17.6. The van der Waals surface area contributed by atoms with E-state index in [-0.39, 0.29) is 0 Å². The molecule has 2 atom stereocenters. The molecule has 4 heteroatoms. The first-order valence-electron chi connectivity index (χ1n) is 23.0. The van der Waals surface area contributed by atoms with E-state index in [2.05, 4.69) is 199 Å². The minimum Gasteiger partial charge on any atom is -0.455 e. The van der Waals surface area contributed by atoms with E-state index in [0.29, 0.717) is 5.02 Å². The number of hydrogen-bond donors (Lipinski definition) is 0. The molecule has 16 rings (SSSR count). The normalized spacial score (nSPS) is 17.6. The molecule has 2 unspecified atom stereocenters. The Hall–Kier alpha value is -7.43. The molecular formula is C63H34BrClO2. The van der Waals surface area contributed by atoms with Crippen molar-refractivity contribution in [2.45, 2.75) is 17.8 Å². The minimum atomic E-state index is -0.660. The van der Waals surface area contributed by atoms with E-state index in [9.17, 15) is 0 Å². The summed E-state index contributed by atoms with van der Waals surface area (Å²) in [5.74, 6) is 0. The molecule has 0 N–H and O–H groups in total. The summed E-state index contributed by atoms with van der Waals surface area (Å²) in [7, 11) is 0. The number of rotatable bonds is 1. The van der Waals surface area contributed by atoms with Gasteiger partial charge in [-0.3, -0.25) is 0 Å². The second kappa shape index (κ2) is 12.5. The Balaban J connectivity index is 0.945. The van der Waals surface area contributed by atoms with Crippen LogP contribution in [0.1, 0.15) is 50.1 Å². The fraction of sp³-hybridized carbons (Fsp3) is 0.0476. The molecule has 2 heterocycles. The standard InChI is InChI=1S/C63H34BrClO2/c1-33-11-10-16-40-37-12-2-6-17-46(37)62(58(33)40)48-19-8-4-15-44(48)56-49(62)28-26-42-39-23-21-34(31-54(39)67-61(42)56)36-27-30-52(64)59-55(36)43-14-3-7-18-47(43)63(59)50-29-25-41-38-13-5-9-20-53(38)66-60(41)57(50)45-24-22-35(65)32-51(45)63/h2-32H,1H3. The van der Waals surface area contributed by atoms with Crippen molar-refractivity contribution in [1.29, 1.82) is 0 Å². The van der Waals surface area contributed by atoms with Crippen molar-refractivity contribution in [2.24, 2.45) is 0 Å². The minimum absolute atomic E-state index is 0.444. The molecule has 10 aromatic carbocycles. The van der Waals surface area contributed by atoms with Crippen LogP contribution in [-0.2, 0) is 10.8 Å². The van der Waals surface area contributed by atoms with Crippen LogP contribution in [0.5, 0.6) is 0 Å². The highest BCUT2D eigenvalue weighted by Gasteiger charge is 2.55. The van der Waals surface area contributed by atoms with E-state index >= 15 is 0 Å². The molecule has 312 valence electrons. The highest BCUT2D eigenvalue weighted by molar-refractivity contribution is 9.10. The first-order chi connectivity index (χ1) is 33.0. The lowest BCUT2D eigenvalue weighted by Gasteiger charge is -2.31. The van der Waals surface area contributed by atoms with Crippen molar-refractivity contribution >= 4 is 71.4 Å². The van der Waals surface area contributed by atoms with Crippen LogP contribution in [0.25, 0.3) is 99.5 Å². The second-order valence-electron chi connectivity index (χ2n) is 18.8. The van der Waals surface area contributed by atoms with Gasteiger partial charge < -0.3 is 8.83 Å². The number of hydrogen-bond acceptors (Lipinski definition) is 2. The van der Waals surface area contributed by atoms with Gasteiger partial charge >= 0.3 is 0 Å². The molecular weight excluding hydrogens is 904 g/mol. The zero-order valence-corrected chi connectivity index (χ0v) is 38.3. The zero-order chi connectivity index (χ0) is 44.1. The third-order valence-electron chi connectivity index (χ3n) is 16.0. The average Bonchev–Trinajstić information content (AvgIpc) is 4.19. The summed E-state index contributed by atoms with van der Waals surface area (Å²) in [5, 5.41) is 5.17. The van der Waals surface area contributed by atoms with Crippen molar-refractivity contribution in [1.82, 2.24) is 0 Å². The molecule has 2 spiro atoms. The largest absolute Gasteiger partial charge is 0.455 e. The first-order valence-corrected chi connectivity index (χ1v) is 24.1. The average molecular weight is 938 g/mol. The molecule has 0 radical (unpaired) electrons. The van der Waals surface area contributed by atoms with E-state index in [1.54, 1.807) is 0 Å². The van der Waals surface area contributed by atoms with Gasteiger partial charge in [0, 0.05) is 42.2 Å². The molecule has 0 amide bonds. The summed E-state index contributed by atoms with van der Waals surface area (Å²) in [5.41, 5.74) is 25.9. The molecule has 12 aromatic rings. The van der Waals surface area contributed by atoms with Crippen LogP contribution in [0.3, 0.4) is 0 Å². The molecule has 0 bridgehead atoms. The smallest absolute Gasteiger partial charge is 0.143 e. The highest BCUT2D eigenvalue weighted by Crippen LogP contribution is 2.68. The topological polar surface area (TPSA) is 26.3 Å². The maximum atomic E-state index is 7.27. The molecule has 0 saturated heterocycles. The van der Waals surface area contributed by atoms with Crippen molar-refractivity contribution in [3.05, 3.63) is 248 Å². The quantitative estimate of drug-likeness (QED) is 0.164. The monoisotopic (exact) mass is 936 g/mol. The summed E-state index contributed by atoms with van der Waals surface area (Å²) >= 11 is 11.2. The van der Waals surface area contributed by atoms with Crippen LogP contribution in [0.2, 0.25) is 5.02 Å². The third-order valence-corrected chi connectivity index (χ3v) is 16.9. The van der Waals surface area contributed by atoms with Gasteiger partial charge in [-0.15, -0.1) is 0 Å². The number of aryl methyl sites for hydroxylation is 1.